The summed E-state index contributed by atoms with van der Waals surface area (Å²) in [5.74, 6) is 0. The lowest BCUT2D eigenvalue weighted by Gasteiger charge is -2.29. The van der Waals surface area contributed by atoms with Gasteiger partial charge < -0.3 is 19.9 Å². The van der Waals surface area contributed by atoms with Crippen molar-refractivity contribution >= 4 is 17.5 Å². The molecule has 0 saturated carbocycles. The molecular formula is C18H29N3O2. The van der Waals surface area contributed by atoms with Crippen LogP contribution in [-0.2, 0) is 4.74 Å². The molecule has 1 aromatic rings. The van der Waals surface area contributed by atoms with E-state index >= 15 is 0 Å². The summed E-state index contributed by atoms with van der Waals surface area (Å²) in [5, 5.41) is 3.45. The molecule has 0 aromatic heterocycles. The van der Waals surface area contributed by atoms with Crippen molar-refractivity contribution in [2.24, 2.45) is 0 Å². The molecule has 0 radical (unpaired) electrons. The zero-order chi connectivity index (χ0) is 17.0. The highest BCUT2D eigenvalue weighted by atomic mass is 16.6. The summed E-state index contributed by atoms with van der Waals surface area (Å²) in [6, 6.07) is 8.48. The first-order valence-electron chi connectivity index (χ1n) is 8.27. The number of nitrogens with zero attached hydrogens (tertiary/aromatic N) is 2. The van der Waals surface area contributed by atoms with Crippen molar-refractivity contribution < 1.29 is 9.53 Å². The first kappa shape index (κ1) is 17.4. The summed E-state index contributed by atoms with van der Waals surface area (Å²) in [4.78, 5) is 16.2. The molecule has 5 heteroatoms. The van der Waals surface area contributed by atoms with Gasteiger partial charge in [0.25, 0.3) is 0 Å². The fourth-order valence-electron chi connectivity index (χ4n) is 2.74. The van der Waals surface area contributed by atoms with Crippen molar-refractivity contribution in [2.75, 3.05) is 37.4 Å². The molecule has 1 atom stereocenters. The Kier molecular flexibility index (Phi) is 5.39. The van der Waals surface area contributed by atoms with E-state index in [0.717, 1.165) is 37.3 Å². The maximum Gasteiger partial charge on any atom is 0.410 e. The number of rotatable bonds is 4. The predicted molar refractivity (Wildman–Crippen MR) is 95.2 cm³/mol. The summed E-state index contributed by atoms with van der Waals surface area (Å²) >= 11 is 0. The molecule has 2 rings (SSSR count). The Morgan fingerprint density at radius 3 is 2.78 bits per heavy atom. The summed E-state index contributed by atoms with van der Waals surface area (Å²) in [7, 11) is 4.06. The van der Waals surface area contributed by atoms with Gasteiger partial charge in [0, 0.05) is 38.6 Å². The van der Waals surface area contributed by atoms with Crippen LogP contribution in [0.4, 0.5) is 16.2 Å². The van der Waals surface area contributed by atoms with Gasteiger partial charge in [-0.25, -0.2) is 4.79 Å². The second-order valence-corrected chi connectivity index (χ2v) is 7.30. The third-order valence-corrected chi connectivity index (χ3v) is 3.91. The fourth-order valence-corrected chi connectivity index (χ4v) is 2.74. The third kappa shape index (κ3) is 5.05. The van der Waals surface area contributed by atoms with Gasteiger partial charge in [-0.2, -0.15) is 0 Å². The van der Waals surface area contributed by atoms with Crippen LogP contribution >= 0.6 is 0 Å². The van der Waals surface area contributed by atoms with Gasteiger partial charge in [0.15, 0.2) is 0 Å². The molecule has 23 heavy (non-hydrogen) atoms. The number of carbonyl (C=O) groups excluding carboxylic acids is 1. The van der Waals surface area contributed by atoms with E-state index in [4.69, 9.17) is 4.74 Å². The fraction of sp³-hybridized carbons (Fsp3) is 0.611. The Bertz CT molecular complexity index is 537. The van der Waals surface area contributed by atoms with Gasteiger partial charge in [0.05, 0.1) is 6.04 Å². The van der Waals surface area contributed by atoms with E-state index in [1.165, 1.54) is 0 Å². The molecule has 1 aliphatic rings. The second-order valence-electron chi connectivity index (χ2n) is 7.30. The van der Waals surface area contributed by atoms with Crippen molar-refractivity contribution in [1.82, 2.24) is 4.90 Å². The van der Waals surface area contributed by atoms with Crippen LogP contribution in [-0.4, -0.2) is 49.8 Å². The lowest BCUT2D eigenvalue weighted by Crippen LogP contribution is -2.42. The molecular weight excluding hydrogens is 290 g/mol. The minimum absolute atomic E-state index is 0.188. The zero-order valence-electron chi connectivity index (χ0n) is 14.9. The standard InChI is InChI=1S/C18H29N3O2/c1-18(2,3)23-17(22)21-11-7-10-16(21)13-19-14-8-6-9-15(12-14)20(4)5/h6,8-9,12,16,19H,7,10-11,13H2,1-5H3. The largest absolute Gasteiger partial charge is 0.444 e. The Morgan fingerprint density at radius 1 is 1.39 bits per heavy atom. The van der Waals surface area contributed by atoms with Crippen LogP contribution < -0.4 is 10.2 Å². The lowest BCUT2D eigenvalue weighted by molar-refractivity contribution is 0.0235. The molecule has 0 spiro atoms. The van der Waals surface area contributed by atoms with Crippen molar-refractivity contribution in [3.63, 3.8) is 0 Å². The van der Waals surface area contributed by atoms with Gasteiger partial charge in [-0.15, -0.1) is 0 Å². The number of anilines is 2. The Labute approximate surface area is 139 Å². The average molecular weight is 319 g/mol. The quantitative estimate of drug-likeness (QED) is 0.921. The van der Waals surface area contributed by atoms with E-state index in [-0.39, 0.29) is 12.1 Å². The van der Waals surface area contributed by atoms with E-state index < -0.39 is 5.60 Å². The maximum absolute atomic E-state index is 12.3. The van der Waals surface area contributed by atoms with Gasteiger partial charge in [0.1, 0.15) is 5.60 Å². The first-order chi connectivity index (χ1) is 10.8. The summed E-state index contributed by atoms with van der Waals surface area (Å²) in [6.07, 6.45) is 1.84. The van der Waals surface area contributed by atoms with Crippen molar-refractivity contribution in [3.8, 4) is 0 Å². The predicted octanol–water partition coefficient (Wildman–Crippen LogP) is 3.56. The highest BCUT2D eigenvalue weighted by Gasteiger charge is 2.31. The highest BCUT2D eigenvalue weighted by Crippen LogP contribution is 2.22. The van der Waals surface area contributed by atoms with Crippen molar-refractivity contribution in [2.45, 2.75) is 45.3 Å². The van der Waals surface area contributed by atoms with Crippen LogP contribution in [0.3, 0.4) is 0 Å². The summed E-state index contributed by atoms with van der Waals surface area (Å²) < 4.78 is 5.51. The number of benzene rings is 1. The van der Waals surface area contributed by atoms with Crippen molar-refractivity contribution in [1.29, 1.82) is 0 Å². The molecule has 1 fully saturated rings. The molecule has 128 valence electrons. The number of amides is 1. The van der Waals surface area contributed by atoms with E-state index in [9.17, 15) is 4.79 Å². The van der Waals surface area contributed by atoms with Gasteiger partial charge in [-0.3, -0.25) is 0 Å². The maximum atomic E-state index is 12.3. The Balaban J connectivity index is 1.94. The van der Waals surface area contributed by atoms with Gasteiger partial charge in [-0.1, -0.05) is 6.07 Å². The van der Waals surface area contributed by atoms with Crippen LogP contribution in [0.25, 0.3) is 0 Å². The smallest absolute Gasteiger partial charge is 0.410 e. The van der Waals surface area contributed by atoms with E-state index in [0.29, 0.717) is 0 Å². The van der Waals surface area contributed by atoms with Crippen LogP contribution in [0.5, 0.6) is 0 Å². The third-order valence-electron chi connectivity index (χ3n) is 3.91. The number of ether oxygens (including phenoxy) is 1. The molecule has 1 N–H and O–H groups in total. The number of carbonyl (C=O) groups is 1. The zero-order valence-corrected chi connectivity index (χ0v) is 14.9. The van der Waals surface area contributed by atoms with Crippen LogP contribution in [0.1, 0.15) is 33.6 Å². The van der Waals surface area contributed by atoms with E-state index in [1.54, 1.807) is 0 Å². The SMILES string of the molecule is CN(C)c1cccc(NCC2CCCN2C(=O)OC(C)(C)C)c1. The van der Waals surface area contributed by atoms with Gasteiger partial charge in [0.2, 0.25) is 0 Å². The second kappa shape index (κ2) is 7.11. The normalized spacial score (nSPS) is 18.0. The number of likely N-dealkylation sites (tertiary alicyclic amines) is 1. The van der Waals surface area contributed by atoms with Crippen LogP contribution in [0, 0.1) is 0 Å². The van der Waals surface area contributed by atoms with E-state index in [1.807, 2.05) is 45.8 Å². The van der Waals surface area contributed by atoms with Crippen LogP contribution in [0.15, 0.2) is 24.3 Å². The number of nitrogens with one attached hydrogen (secondary N) is 1. The average Bonchev–Trinajstić information content (AvgIpc) is 2.92. The molecule has 1 amide bonds. The number of hydrogen-bond donors (Lipinski definition) is 1. The summed E-state index contributed by atoms with van der Waals surface area (Å²) in [6.45, 7) is 7.23. The molecule has 5 nitrogen and oxygen atoms in total. The first-order valence-corrected chi connectivity index (χ1v) is 8.27. The van der Waals surface area contributed by atoms with Crippen LogP contribution in [0.2, 0.25) is 0 Å². The van der Waals surface area contributed by atoms with Gasteiger partial charge in [-0.05, 0) is 51.8 Å². The topological polar surface area (TPSA) is 44.8 Å². The monoisotopic (exact) mass is 319 g/mol. The lowest BCUT2D eigenvalue weighted by atomic mass is 10.2. The Morgan fingerprint density at radius 2 is 2.13 bits per heavy atom. The molecule has 1 unspecified atom stereocenters. The minimum Gasteiger partial charge on any atom is -0.444 e. The summed E-state index contributed by atoms with van der Waals surface area (Å²) in [5.41, 5.74) is 1.79. The molecule has 1 heterocycles. The minimum atomic E-state index is -0.447. The highest BCUT2D eigenvalue weighted by molar-refractivity contribution is 5.69. The molecule has 1 aliphatic heterocycles. The number of hydrogen-bond acceptors (Lipinski definition) is 4. The Hall–Kier alpha value is -1.91. The van der Waals surface area contributed by atoms with Gasteiger partial charge >= 0.3 is 6.09 Å². The molecule has 0 aliphatic carbocycles. The molecule has 1 aromatic carbocycles. The van der Waals surface area contributed by atoms with E-state index in [2.05, 4.69) is 28.4 Å². The molecule has 1 saturated heterocycles. The molecule has 0 bridgehead atoms. The van der Waals surface area contributed by atoms with Crippen molar-refractivity contribution in [3.05, 3.63) is 24.3 Å².